The standard InChI is InChI=1S/C14H22O/c1-9(2)12-8-11-6-7-14(12,15)10(3)13(11,4)5/h11-12,15H,1,3,6-8H2,2,4-5H3/t11-,12+,14+/m0/s1. The first-order valence-corrected chi connectivity index (χ1v) is 5.88. The average Bonchev–Trinajstić information content (AvgIpc) is 2.14. The van der Waals surface area contributed by atoms with Crippen LogP contribution in [0.4, 0.5) is 0 Å². The van der Waals surface area contributed by atoms with E-state index in [1.165, 1.54) is 0 Å². The van der Waals surface area contributed by atoms with Crippen LogP contribution >= 0.6 is 0 Å². The monoisotopic (exact) mass is 206 g/mol. The van der Waals surface area contributed by atoms with Crippen LogP contribution < -0.4 is 0 Å². The summed E-state index contributed by atoms with van der Waals surface area (Å²) < 4.78 is 0. The van der Waals surface area contributed by atoms with Crippen molar-refractivity contribution in [2.24, 2.45) is 17.3 Å². The topological polar surface area (TPSA) is 20.2 Å². The average molecular weight is 206 g/mol. The third-order valence-corrected chi connectivity index (χ3v) is 4.89. The van der Waals surface area contributed by atoms with Crippen LogP contribution in [0.5, 0.6) is 0 Å². The minimum atomic E-state index is -0.677. The first kappa shape index (κ1) is 10.9. The van der Waals surface area contributed by atoms with Crippen LogP contribution in [0.3, 0.4) is 0 Å². The highest BCUT2D eigenvalue weighted by atomic mass is 16.3. The third-order valence-electron chi connectivity index (χ3n) is 4.89. The zero-order valence-electron chi connectivity index (χ0n) is 10.1. The van der Waals surface area contributed by atoms with Crippen molar-refractivity contribution < 1.29 is 5.11 Å². The molecule has 3 aliphatic rings. The maximum Gasteiger partial charge on any atom is 0.0924 e. The summed E-state index contributed by atoms with van der Waals surface area (Å²) in [6, 6.07) is 0. The predicted octanol–water partition coefficient (Wildman–Crippen LogP) is 3.31. The van der Waals surface area contributed by atoms with Crippen LogP contribution in [0.25, 0.3) is 0 Å². The van der Waals surface area contributed by atoms with E-state index in [1.54, 1.807) is 0 Å². The molecule has 84 valence electrons. The highest BCUT2D eigenvalue weighted by Crippen LogP contribution is 2.60. The molecular weight excluding hydrogens is 184 g/mol. The van der Waals surface area contributed by atoms with Crippen molar-refractivity contribution in [2.75, 3.05) is 0 Å². The second-order valence-electron chi connectivity index (χ2n) is 5.99. The summed E-state index contributed by atoms with van der Waals surface area (Å²) in [6.07, 6.45) is 3.08. The Labute approximate surface area is 92.9 Å². The van der Waals surface area contributed by atoms with Gasteiger partial charge < -0.3 is 5.11 Å². The lowest BCUT2D eigenvalue weighted by molar-refractivity contribution is -0.0876. The van der Waals surface area contributed by atoms with Gasteiger partial charge in [-0.3, -0.25) is 0 Å². The van der Waals surface area contributed by atoms with E-state index in [9.17, 15) is 5.11 Å². The van der Waals surface area contributed by atoms with Crippen LogP contribution in [-0.4, -0.2) is 10.7 Å². The number of hydrogen-bond acceptors (Lipinski definition) is 1. The number of hydrogen-bond donors (Lipinski definition) is 1. The van der Waals surface area contributed by atoms with Crippen LogP contribution in [-0.2, 0) is 0 Å². The number of rotatable bonds is 1. The van der Waals surface area contributed by atoms with Crippen LogP contribution in [0.2, 0.25) is 0 Å². The van der Waals surface area contributed by atoms with Crippen molar-refractivity contribution in [3.05, 3.63) is 24.3 Å². The lowest BCUT2D eigenvalue weighted by Gasteiger charge is -2.58. The van der Waals surface area contributed by atoms with Gasteiger partial charge in [0, 0.05) is 5.92 Å². The lowest BCUT2D eigenvalue weighted by atomic mass is 9.48. The molecule has 1 heteroatoms. The Morgan fingerprint density at radius 3 is 2.60 bits per heavy atom. The summed E-state index contributed by atoms with van der Waals surface area (Å²) in [5, 5.41) is 10.8. The quantitative estimate of drug-likeness (QED) is 0.653. The van der Waals surface area contributed by atoms with Crippen LogP contribution in [0.1, 0.15) is 40.0 Å². The third kappa shape index (κ3) is 1.25. The van der Waals surface area contributed by atoms with Crippen LogP contribution in [0, 0.1) is 17.3 Å². The van der Waals surface area contributed by atoms with Gasteiger partial charge in [0.25, 0.3) is 0 Å². The van der Waals surface area contributed by atoms with E-state index in [0.29, 0.717) is 5.92 Å². The maximum atomic E-state index is 10.8. The molecule has 3 aliphatic carbocycles. The summed E-state index contributed by atoms with van der Waals surface area (Å²) in [5.74, 6) is 0.900. The largest absolute Gasteiger partial charge is 0.385 e. The molecule has 2 bridgehead atoms. The molecule has 0 aliphatic heterocycles. The van der Waals surface area contributed by atoms with E-state index in [-0.39, 0.29) is 11.3 Å². The van der Waals surface area contributed by atoms with Gasteiger partial charge in [-0.05, 0) is 43.1 Å². The Morgan fingerprint density at radius 1 is 1.47 bits per heavy atom. The molecule has 3 fully saturated rings. The number of aliphatic hydroxyl groups is 1. The zero-order valence-corrected chi connectivity index (χ0v) is 10.1. The SMILES string of the molecule is C=C(C)[C@H]1C[C@@H]2CC[C@@]1(O)C(=C)C2(C)C. The van der Waals surface area contributed by atoms with Crippen molar-refractivity contribution in [3.63, 3.8) is 0 Å². The summed E-state index contributed by atoms with van der Waals surface area (Å²) in [4.78, 5) is 0. The molecular formula is C14H22O. The Balaban J connectivity index is 2.43. The fraction of sp³-hybridized carbons (Fsp3) is 0.714. The molecule has 0 spiro atoms. The van der Waals surface area contributed by atoms with Gasteiger partial charge >= 0.3 is 0 Å². The predicted molar refractivity (Wildman–Crippen MR) is 63.5 cm³/mol. The van der Waals surface area contributed by atoms with Gasteiger partial charge in [-0.1, -0.05) is 32.6 Å². The van der Waals surface area contributed by atoms with E-state index in [2.05, 4.69) is 27.0 Å². The maximum absolute atomic E-state index is 10.8. The normalized spacial score (nSPS) is 43.1. The summed E-state index contributed by atoms with van der Waals surface area (Å²) in [7, 11) is 0. The summed E-state index contributed by atoms with van der Waals surface area (Å²) in [6.45, 7) is 14.7. The molecule has 0 aromatic carbocycles. The fourth-order valence-corrected chi connectivity index (χ4v) is 3.60. The van der Waals surface area contributed by atoms with Gasteiger partial charge in [0.2, 0.25) is 0 Å². The molecule has 0 radical (unpaired) electrons. The van der Waals surface area contributed by atoms with Crippen molar-refractivity contribution in [1.82, 2.24) is 0 Å². The van der Waals surface area contributed by atoms with Gasteiger partial charge in [0.15, 0.2) is 0 Å². The minimum absolute atomic E-state index is 0.0962. The molecule has 0 aromatic heterocycles. The van der Waals surface area contributed by atoms with E-state index >= 15 is 0 Å². The van der Waals surface area contributed by atoms with E-state index < -0.39 is 5.60 Å². The van der Waals surface area contributed by atoms with E-state index in [1.807, 2.05) is 6.92 Å². The zero-order chi connectivity index (χ0) is 11.4. The van der Waals surface area contributed by atoms with Crippen molar-refractivity contribution >= 4 is 0 Å². The lowest BCUT2D eigenvalue weighted by Crippen LogP contribution is -2.56. The van der Waals surface area contributed by atoms with E-state index in [0.717, 1.165) is 30.4 Å². The molecule has 3 atom stereocenters. The summed E-state index contributed by atoms with van der Waals surface area (Å²) >= 11 is 0. The molecule has 0 heterocycles. The van der Waals surface area contributed by atoms with Gasteiger partial charge in [0.05, 0.1) is 5.60 Å². The van der Waals surface area contributed by atoms with Crippen molar-refractivity contribution in [1.29, 1.82) is 0 Å². The Bertz CT molecular complexity index is 326. The number of fused-ring (bicyclic) bond motifs is 3. The molecule has 3 rings (SSSR count). The van der Waals surface area contributed by atoms with Crippen molar-refractivity contribution in [2.45, 2.75) is 45.6 Å². The molecule has 0 amide bonds. The minimum Gasteiger partial charge on any atom is -0.385 e. The molecule has 15 heavy (non-hydrogen) atoms. The van der Waals surface area contributed by atoms with Crippen molar-refractivity contribution in [3.8, 4) is 0 Å². The highest BCUT2D eigenvalue weighted by molar-refractivity contribution is 5.33. The Kier molecular flexibility index (Phi) is 2.17. The van der Waals surface area contributed by atoms with E-state index in [4.69, 9.17) is 0 Å². The van der Waals surface area contributed by atoms with Gasteiger partial charge in [0.1, 0.15) is 0 Å². The second-order valence-corrected chi connectivity index (χ2v) is 5.99. The summed E-state index contributed by atoms with van der Waals surface area (Å²) in [5.41, 5.74) is 1.56. The first-order valence-electron chi connectivity index (χ1n) is 5.88. The first-order chi connectivity index (χ1) is 6.80. The van der Waals surface area contributed by atoms with Crippen LogP contribution in [0.15, 0.2) is 24.3 Å². The molecule has 1 nitrogen and oxygen atoms in total. The smallest absolute Gasteiger partial charge is 0.0924 e. The second kappa shape index (κ2) is 2.98. The Morgan fingerprint density at radius 2 is 2.07 bits per heavy atom. The molecule has 0 saturated heterocycles. The molecule has 3 saturated carbocycles. The molecule has 0 unspecified atom stereocenters. The molecule has 1 N–H and O–H groups in total. The molecule has 0 aromatic rings. The highest BCUT2D eigenvalue weighted by Gasteiger charge is 2.56. The van der Waals surface area contributed by atoms with Gasteiger partial charge in [-0.2, -0.15) is 0 Å². The van der Waals surface area contributed by atoms with Gasteiger partial charge in [-0.25, -0.2) is 0 Å². The fourth-order valence-electron chi connectivity index (χ4n) is 3.60. The van der Waals surface area contributed by atoms with Gasteiger partial charge in [-0.15, -0.1) is 0 Å². The Hall–Kier alpha value is -0.560.